The molecule has 3 aromatic rings. The highest BCUT2D eigenvalue weighted by Crippen LogP contribution is 2.18. The molecule has 132 valence electrons. The summed E-state index contributed by atoms with van der Waals surface area (Å²) < 4.78 is 5.10. The number of para-hydroxylation sites is 2. The second kappa shape index (κ2) is 7.56. The van der Waals surface area contributed by atoms with Crippen molar-refractivity contribution in [2.45, 2.75) is 19.4 Å². The number of carbonyl (C=O) groups is 1. The van der Waals surface area contributed by atoms with E-state index >= 15 is 0 Å². The molecule has 0 atom stereocenters. The molecule has 3 rings (SSSR count). The van der Waals surface area contributed by atoms with Crippen LogP contribution in [0.5, 0.6) is 0 Å². The Balaban J connectivity index is 1.61. The summed E-state index contributed by atoms with van der Waals surface area (Å²) in [4.78, 5) is 41.3. The highest BCUT2D eigenvalue weighted by Gasteiger charge is 2.14. The number of aromatic nitrogens is 2. The Kier molecular flexibility index (Phi) is 5.02. The van der Waals surface area contributed by atoms with Gasteiger partial charge in [-0.25, -0.2) is 4.98 Å². The number of hydrogen-bond acceptors (Lipinski definition) is 6. The topological polar surface area (TPSA) is 115 Å². The smallest absolute Gasteiger partial charge is 0.306 e. The number of fused-ring (bicyclic) bond motifs is 1. The maximum atomic E-state index is 12.0. The van der Waals surface area contributed by atoms with Gasteiger partial charge in [0, 0.05) is 12.5 Å². The average Bonchev–Trinajstić information content (AvgIpc) is 2.65. The number of ether oxygens (including phenoxy) is 1. The van der Waals surface area contributed by atoms with E-state index in [2.05, 4.69) is 9.97 Å². The summed E-state index contributed by atoms with van der Waals surface area (Å²) in [7, 11) is 0. The maximum Gasteiger partial charge on any atom is 0.306 e. The lowest BCUT2D eigenvalue weighted by Gasteiger charge is -2.06. The van der Waals surface area contributed by atoms with Gasteiger partial charge in [-0.1, -0.05) is 24.3 Å². The molecule has 0 aliphatic heterocycles. The van der Waals surface area contributed by atoms with Crippen LogP contribution in [0, 0.1) is 10.1 Å². The van der Waals surface area contributed by atoms with E-state index in [-0.39, 0.29) is 30.7 Å². The van der Waals surface area contributed by atoms with Gasteiger partial charge >= 0.3 is 5.97 Å². The quantitative estimate of drug-likeness (QED) is 0.413. The van der Waals surface area contributed by atoms with Crippen LogP contribution in [0.25, 0.3) is 10.9 Å². The van der Waals surface area contributed by atoms with Crippen molar-refractivity contribution >= 4 is 22.6 Å². The molecule has 8 heteroatoms. The number of benzene rings is 2. The summed E-state index contributed by atoms with van der Waals surface area (Å²) in [6, 6.07) is 13.0. The van der Waals surface area contributed by atoms with Crippen LogP contribution in [-0.2, 0) is 22.6 Å². The Morgan fingerprint density at radius 1 is 1.15 bits per heavy atom. The van der Waals surface area contributed by atoms with Crippen molar-refractivity contribution in [2.24, 2.45) is 0 Å². The lowest BCUT2D eigenvalue weighted by atomic mass is 10.2. The van der Waals surface area contributed by atoms with Crippen LogP contribution in [0.4, 0.5) is 5.69 Å². The predicted molar refractivity (Wildman–Crippen MR) is 93.6 cm³/mol. The standard InChI is InChI=1S/C18H15N3O5/c22-17(26-11-12-5-1-4-8-15(12)21(24)25)10-9-16-19-14-7-3-2-6-13(14)18(23)20-16/h1-8H,9-11H2,(H,19,20,23). The normalized spacial score (nSPS) is 10.6. The molecule has 8 nitrogen and oxygen atoms in total. The minimum absolute atomic E-state index is 0.00190. The largest absolute Gasteiger partial charge is 0.461 e. The summed E-state index contributed by atoms with van der Waals surface area (Å²) >= 11 is 0. The van der Waals surface area contributed by atoms with Crippen LogP contribution in [0.2, 0.25) is 0 Å². The number of H-pyrrole nitrogens is 1. The van der Waals surface area contributed by atoms with Gasteiger partial charge in [0.15, 0.2) is 0 Å². The summed E-state index contributed by atoms with van der Waals surface area (Å²) in [5.41, 5.74) is 0.516. The number of esters is 1. The first-order chi connectivity index (χ1) is 12.5. The summed E-state index contributed by atoms with van der Waals surface area (Å²) in [5, 5.41) is 11.4. The van der Waals surface area contributed by atoms with Crippen molar-refractivity contribution in [1.82, 2.24) is 9.97 Å². The van der Waals surface area contributed by atoms with Crippen LogP contribution in [0.3, 0.4) is 0 Å². The van der Waals surface area contributed by atoms with Crippen molar-refractivity contribution in [2.75, 3.05) is 0 Å². The van der Waals surface area contributed by atoms with Gasteiger partial charge in [0.05, 0.1) is 27.8 Å². The number of nitro benzene ring substituents is 1. The molecule has 0 saturated carbocycles. The molecule has 0 radical (unpaired) electrons. The van der Waals surface area contributed by atoms with Crippen molar-refractivity contribution in [3.8, 4) is 0 Å². The molecule has 0 aliphatic carbocycles. The second-order valence-electron chi connectivity index (χ2n) is 5.58. The first-order valence-corrected chi connectivity index (χ1v) is 7.90. The average molecular weight is 353 g/mol. The molecule has 0 bridgehead atoms. The van der Waals surface area contributed by atoms with Crippen LogP contribution >= 0.6 is 0 Å². The molecule has 0 amide bonds. The molecule has 26 heavy (non-hydrogen) atoms. The second-order valence-corrected chi connectivity index (χ2v) is 5.58. The molecule has 0 unspecified atom stereocenters. The van der Waals surface area contributed by atoms with Crippen molar-refractivity contribution in [3.05, 3.63) is 80.4 Å². The molecule has 0 aliphatic rings. The zero-order chi connectivity index (χ0) is 18.5. The number of aromatic amines is 1. The number of aryl methyl sites for hydroxylation is 1. The van der Waals surface area contributed by atoms with E-state index in [1.807, 2.05) is 0 Å². The van der Waals surface area contributed by atoms with E-state index in [4.69, 9.17) is 4.74 Å². The Morgan fingerprint density at radius 2 is 1.88 bits per heavy atom. The van der Waals surface area contributed by atoms with Crippen LogP contribution in [0.15, 0.2) is 53.3 Å². The number of nitrogens with one attached hydrogen (secondary N) is 1. The fraction of sp³-hybridized carbons (Fsp3) is 0.167. The number of rotatable bonds is 6. The molecule has 0 saturated heterocycles. The lowest BCUT2D eigenvalue weighted by Crippen LogP contribution is -2.14. The van der Waals surface area contributed by atoms with Gasteiger partial charge in [-0.15, -0.1) is 0 Å². The summed E-state index contributed by atoms with van der Waals surface area (Å²) in [6.45, 7) is -0.183. The third-order valence-corrected chi connectivity index (χ3v) is 3.80. The highest BCUT2D eigenvalue weighted by atomic mass is 16.6. The number of nitro groups is 1. The van der Waals surface area contributed by atoms with E-state index in [9.17, 15) is 19.7 Å². The molecule has 0 fully saturated rings. The first kappa shape index (κ1) is 17.3. The van der Waals surface area contributed by atoms with Crippen molar-refractivity contribution in [1.29, 1.82) is 0 Å². The Bertz CT molecular complexity index is 1030. The third kappa shape index (κ3) is 3.92. The number of hydrogen-bond donors (Lipinski definition) is 1. The van der Waals surface area contributed by atoms with Crippen LogP contribution < -0.4 is 5.56 Å². The zero-order valence-corrected chi connectivity index (χ0v) is 13.7. The number of nitrogens with zero attached hydrogens (tertiary/aromatic N) is 2. The summed E-state index contributed by atoms with van der Waals surface area (Å²) in [5.74, 6) is -0.143. The van der Waals surface area contributed by atoms with E-state index in [0.717, 1.165) is 0 Å². The molecule has 2 aromatic carbocycles. The van der Waals surface area contributed by atoms with E-state index in [1.54, 1.807) is 36.4 Å². The SMILES string of the molecule is O=C(CCc1nc2ccccc2c(=O)[nH]1)OCc1ccccc1[N+](=O)[O-]. The van der Waals surface area contributed by atoms with Crippen molar-refractivity contribution in [3.63, 3.8) is 0 Å². The van der Waals surface area contributed by atoms with E-state index in [0.29, 0.717) is 22.3 Å². The molecule has 0 spiro atoms. The fourth-order valence-electron chi connectivity index (χ4n) is 2.52. The fourth-order valence-corrected chi connectivity index (χ4v) is 2.52. The lowest BCUT2D eigenvalue weighted by molar-refractivity contribution is -0.385. The summed E-state index contributed by atoms with van der Waals surface area (Å²) in [6.07, 6.45) is 0.206. The third-order valence-electron chi connectivity index (χ3n) is 3.80. The molecular formula is C18H15N3O5. The Morgan fingerprint density at radius 3 is 2.69 bits per heavy atom. The monoisotopic (exact) mass is 353 g/mol. The zero-order valence-electron chi connectivity index (χ0n) is 13.7. The van der Waals surface area contributed by atoms with Crippen molar-refractivity contribution < 1.29 is 14.5 Å². The molecule has 1 N–H and O–H groups in total. The van der Waals surface area contributed by atoms with Gasteiger partial charge in [-0.05, 0) is 18.2 Å². The van der Waals surface area contributed by atoms with Gasteiger partial charge in [0.2, 0.25) is 0 Å². The maximum absolute atomic E-state index is 12.0. The van der Waals surface area contributed by atoms with E-state index in [1.165, 1.54) is 12.1 Å². The predicted octanol–water partition coefficient (Wildman–Crippen LogP) is 2.51. The van der Waals surface area contributed by atoms with Gasteiger partial charge in [0.25, 0.3) is 11.2 Å². The molecular weight excluding hydrogens is 338 g/mol. The Hall–Kier alpha value is -3.55. The van der Waals surface area contributed by atoms with Gasteiger partial charge in [-0.3, -0.25) is 19.7 Å². The molecule has 1 aromatic heterocycles. The number of carbonyl (C=O) groups excluding carboxylic acids is 1. The van der Waals surface area contributed by atoms with Crippen LogP contribution in [-0.4, -0.2) is 20.9 Å². The van der Waals surface area contributed by atoms with Gasteiger partial charge in [0.1, 0.15) is 12.4 Å². The Labute approximate surface area is 147 Å². The first-order valence-electron chi connectivity index (χ1n) is 7.90. The van der Waals surface area contributed by atoms with Gasteiger partial charge < -0.3 is 9.72 Å². The van der Waals surface area contributed by atoms with Gasteiger partial charge in [-0.2, -0.15) is 0 Å². The van der Waals surface area contributed by atoms with Crippen LogP contribution in [0.1, 0.15) is 17.8 Å². The molecule has 1 heterocycles. The minimum atomic E-state index is -0.529. The van der Waals surface area contributed by atoms with E-state index < -0.39 is 10.9 Å². The minimum Gasteiger partial charge on any atom is -0.461 e. The highest BCUT2D eigenvalue weighted by molar-refractivity contribution is 5.77.